The lowest BCUT2D eigenvalue weighted by Gasteiger charge is -2.23. The monoisotopic (exact) mass is 225 g/mol. The van der Waals surface area contributed by atoms with E-state index in [-0.39, 0.29) is 5.82 Å². The highest BCUT2D eigenvalue weighted by Crippen LogP contribution is 2.19. The molecule has 0 aromatic heterocycles. The maximum absolute atomic E-state index is 13.0. The molecule has 16 heavy (non-hydrogen) atoms. The molecule has 0 amide bonds. The first kappa shape index (κ1) is 12.9. The number of anilines is 1. The highest BCUT2D eigenvalue weighted by molar-refractivity contribution is 5.53. The molecule has 0 saturated heterocycles. The SMILES string of the molecule is CN(C)CCN(C)c1ccc(F)cc1CN. The first-order valence-electron chi connectivity index (χ1n) is 5.39. The van der Waals surface area contributed by atoms with Gasteiger partial charge < -0.3 is 15.5 Å². The van der Waals surface area contributed by atoms with Crippen LogP contribution >= 0.6 is 0 Å². The fourth-order valence-corrected chi connectivity index (χ4v) is 1.56. The summed E-state index contributed by atoms with van der Waals surface area (Å²) < 4.78 is 13.0. The lowest BCUT2D eigenvalue weighted by molar-refractivity contribution is 0.416. The summed E-state index contributed by atoms with van der Waals surface area (Å²) in [6, 6.07) is 4.76. The minimum atomic E-state index is -0.231. The Kier molecular flexibility index (Phi) is 4.71. The summed E-state index contributed by atoms with van der Waals surface area (Å²) in [6.07, 6.45) is 0. The molecular formula is C12H20FN3. The molecule has 0 fully saturated rings. The first-order valence-corrected chi connectivity index (χ1v) is 5.39. The van der Waals surface area contributed by atoms with Gasteiger partial charge in [-0.05, 0) is 37.9 Å². The second-order valence-electron chi connectivity index (χ2n) is 4.20. The average molecular weight is 225 g/mol. The van der Waals surface area contributed by atoms with E-state index in [2.05, 4.69) is 9.80 Å². The highest BCUT2D eigenvalue weighted by atomic mass is 19.1. The number of rotatable bonds is 5. The normalized spacial score (nSPS) is 10.9. The lowest BCUT2D eigenvalue weighted by Crippen LogP contribution is -2.29. The van der Waals surface area contributed by atoms with Crippen LogP contribution in [0.1, 0.15) is 5.56 Å². The minimum absolute atomic E-state index is 0.231. The molecule has 0 aliphatic rings. The van der Waals surface area contributed by atoms with Crippen molar-refractivity contribution in [2.75, 3.05) is 39.1 Å². The van der Waals surface area contributed by atoms with Crippen molar-refractivity contribution >= 4 is 5.69 Å². The fourth-order valence-electron chi connectivity index (χ4n) is 1.56. The third-order valence-corrected chi connectivity index (χ3v) is 2.56. The smallest absolute Gasteiger partial charge is 0.123 e. The predicted octanol–water partition coefficient (Wildman–Crippen LogP) is 1.28. The van der Waals surface area contributed by atoms with Crippen LogP contribution in [-0.4, -0.2) is 39.1 Å². The zero-order valence-corrected chi connectivity index (χ0v) is 10.2. The van der Waals surface area contributed by atoms with Crippen molar-refractivity contribution < 1.29 is 4.39 Å². The molecule has 1 aromatic carbocycles. The van der Waals surface area contributed by atoms with E-state index in [1.165, 1.54) is 12.1 Å². The Morgan fingerprint density at radius 2 is 1.88 bits per heavy atom. The molecule has 2 N–H and O–H groups in total. The number of benzene rings is 1. The van der Waals surface area contributed by atoms with E-state index >= 15 is 0 Å². The quantitative estimate of drug-likeness (QED) is 0.819. The summed E-state index contributed by atoms with van der Waals surface area (Å²) >= 11 is 0. The van der Waals surface area contributed by atoms with E-state index in [4.69, 9.17) is 5.73 Å². The third kappa shape index (κ3) is 3.47. The van der Waals surface area contributed by atoms with Crippen molar-refractivity contribution in [1.29, 1.82) is 0 Å². The first-order chi connectivity index (χ1) is 7.54. The van der Waals surface area contributed by atoms with Crippen LogP contribution in [-0.2, 0) is 6.54 Å². The van der Waals surface area contributed by atoms with Gasteiger partial charge in [0.25, 0.3) is 0 Å². The Hall–Kier alpha value is -1.13. The Balaban J connectivity index is 2.77. The predicted molar refractivity (Wildman–Crippen MR) is 66.1 cm³/mol. The largest absolute Gasteiger partial charge is 0.373 e. The maximum Gasteiger partial charge on any atom is 0.123 e. The minimum Gasteiger partial charge on any atom is -0.373 e. The molecule has 4 heteroatoms. The number of likely N-dealkylation sites (N-methyl/N-ethyl adjacent to an activating group) is 2. The van der Waals surface area contributed by atoms with E-state index in [9.17, 15) is 4.39 Å². The van der Waals surface area contributed by atoms with Gasteiger partial charge in [0.2, 0.25) is 0 Å². The summed E-state index contributed by atoms with van der Waals surface area (Å²) in [4.78, 5) is 4.21. The van der Waals surface area contributed by atoms with Crippen LogP contribution in [0.25, 0.3) is 0 Å². The summed E-state index contributed by atoms with van der Waals surface area (Å²) in [7, 11) is 6.06. The van der Waals surface area contributed by atoms with Crippen LogP contribution in [0, 0.1) is 5.82 Å². The van der Waals surface area contributed by atoms with Crippen LogP contribution < -0.4 is 10.6 Å². The van der Waals surface area contributed by atoms with E-state index in [1.54, 1.807) is 6.07 Å². The van der Waals surface area contributed by atoms with Gasteiger partial charge >= 0.3 is 0 Å². The Bertz CT molecular complexity index is 339. The molecule has 1 rings (SSSR count). The van der Waals surface area contributed by atoms with Gasteiger partial charge in [0, 0.05) is 32.4 Å². The average Bonchev–Trinajstić information content (AvgIpc) is 2.25. The van der Waals surface area contributed by atoms with E-state index in [1.807, 2.05) is 21.1 Å². The third-order valence-electron chi connectivity index (χ3n) is 2.56. The summed E-state index contributed by atoms with van der Waals surface area (Å²) in [5.41, 5.74) is 7.46. The van der Waals surface area contributed by atoms with Crippen LogP contribution in [0.3, 0.4) is 0 Å². The standard InChI is InChI=1S/C12H20FN3/c1-15(2)6-7-16(3)12-5-4-11(13)8-10(12)9-14/h4-5,8H,6-7,9,14H2,1-3H3. The van der Waals surface area contributed by atoms with Crippen LogP contribution in [0.2, 0.25) is 0 Å². The van der Waals surface area contributed by atoms with Crippen molar-refractivity contribution in [3.05, 3.63) is 29.6 Å². The molecular weight excluding hydrogens is 205 g/mol. The number of halogens is 1. The second-order valence-corrected chi connectivity index (χ2v) is 4.20. The van der Waals surface area contributed by atoms with Crippen molar-refractivity contribution in [2.45, 2.75) is 6.54 Å². The zero-order valence-electron chi connectivity index (χ0n) is 10.2. The Labute approximate surface area is 96.6 Å². The molecule has 0 aliphatic heterocycles. The second kappa shape index (κ2) is 5.82. The van der Waals surface area contributed by atoms with Gasteiger partial charge in [-0.3, -0.25) is 0 Å². The Morgan fingerprint density at radius 1 is 1.19 bits per heavy atom. The van der Waals surface area contributed by atoms with Gasteiger partial charge in [0.1, 0.15) is 5.82 Å². The zero-order chi connectivity index (χ0) is 12.1. The molecule has 0 unspecified atom stereocenters. The number of nitrogens with zero attached hydrogens (tertiary/aromatic N) is 2. The van der Waals surface area contributed by atoms with Crippen LogP contribution in [0.4, 0.5) is 10.1 Å². The highest BCUT2D eigenvalue weighted by Gasteiger charge is 2.07. The number of nitrogens with two attached hydrogens (primary N) is 1. The molecule has 90 valence electrons. The lowest BCUT2D eigenvalue weighted by atomic mass is 10.1. The summed E-state index contributed by atoms with van der Waals surface area (Å²) in [5, 5.41) is 0. The number of hydrogen-bond donors (Lipinski definition) is 1. The number of hydrogen-bond acceptors (Lipinski definition) is 3. The molecule has 0 spiro atoms. The summed E-state index contributed by atoms with van der Waals surface area (Å²) in [5.74, 6) is -0.231. The topological polar surface area (TPSA) is 32.5 Å². The van der Waals surface area contributed by atoms with Crippen LogP contribution in [0.15, 0.2) is 18.2 Å². The molecule has 0 bridgehead atoms. The van der Waals surface area contributed by atoms with Gasteiger partial charge in [-0.25, -0.2) is 4.39 Å². The molecule has 0 saturated carbocycles. The molecule has 0 radical (unpaired) electrons. The van der Waals surface area contributed by atoms with Gasteiger partial charge in [0.05, 0.1) is 0 Å². The van der Waals surface area contributed by atoms with Crippen molar-refractivity contribution in [3.63, 3.8) is 0 Å². The molecule has 3 nitrogen and oxygen atoms in total. The van der Waals surface area contributed by atoms with E-state index < -0.39 is 0 Å². The van der Waals surface area contributed by atoms with E-state index in [0.717, 1.165) is 24.3 Å². The van der Waals surface area contributed by atoms with E-state index in [0.29, 0.717) is 6.54 Å². The van der Waals surface area contributed by atoms with Gasteiger partial charge in [0.15, 0.2) is 0 Å². The van der Waals surface area contributed by atoms with Crippen molar-refractivity contribution in [2.24, 2.45) is 5.73 Å². The Morgan fingerprint density at radius 3 is 2.44 bits per heavy atom. The fraction of sp³-hybridized carbons (Fsp3) is 0.500. The molecule has 1 aromatic rings. The summed E-state index contributed by atoms with van der Waals surface area (Å²) in [6.45, 7) is 2.21. The van der Waals surface area contributed by atoms with Crippen molar-refractivity contribution in [1.82, 2.24) is 4.90 Å². The van der Waals surface area contributed by atoms with Crippen molar-refractivity contribution in [3.8, 4) is 0 Å². The maximum atomic E-state index is 13.0. The van der Waals surface area contributed by atoms with Gasteiger partial charge in [-0.15, -0.1) is 0 Å². The molecule has 0 atom stereocenters. The molecule has 0 aliphatic carbocycles. The van der Waals surface area contributed by atoms with Crippen LogP contribution in [0.5, 0.6) is 0 Å². The molecule has 0 heterocycles. The van der Waals surface area contributed by atoms with Gasteiger partial charge in [-0.1, -0.05) is 0 Å². The van der Waals surface area contributed by atoms with Gasteiger partial charge in [-0.2, -0.15) is 0 Å².